The highest BCUT2D eigenvalue weighted by atomic mass is 19.1. The highest BCUT2D eigenvalue weighted by Crippen LogP contribution is 2.26. The van der Waals surface area contributed by atoms with Crippen LogP contribution in [0.1, 0.15) is 10.4 Å². The molecule has 0 saturated heterocycles. The number of ether oxygens (including phenoxy) is 2. The van der Waals surface area contributed by atoms with Crippen LogP contribution < -0.4 is 14.8 Å². The normalized spacial score (nSPS) is 10.1. The number of nitrogens with zero attached hydrogens (tertiary/aromatic N) is 1. The molecule has 110 valence electrons. The molecule has 1 aromatic carbocycles. The summed E-state index contributed by atoms with van der Waals surface area (Å²) in [5, 5.41) is 2.50. The van der Waals surface area contributed by atoms with Crippen LogP contribution >= 0.6 is 0 Å². The maximum atomic E-state index is 13.0. The predicted octanol–water partition coefficient (Wildman–Crippen LogP) is 2.63. The van der Waals surface area contributed by atoms with Crippen LogP contribution in [-0.2, 0) is 0 Å². The van der Waals surface area contributed by atoms with E-state index in [2.05, 4.69) is 10.3 Å². The zero-order valence-corrected chi connectivity index (χ0v) is 11.3. The molecule has 2 rings (SSSR count). The Balaban J connectivity index is 2.26. The predicted molar refractivity (Wildman–Crippen MR) is 71.7 cm³/mol. The average molecular weight is 294 g/mol. The number of aromatic nitrogens is 1. The molecule has 0 radical (unpaired) electrons. The van der Waals surface area contributed by atoms with E-state index >= 15 is 0 Å². The molecule has 0 aliphatic carbocycles. The van der Waals surface area contributed by atoms with Gasteiger partial charge in [0.05, 0.1) is 14.2 Å². The lowest BCUT2D eigenvalue weighted by atomic mass is 10.2. The molecule has 0 unspecified atom stereocenters. The Morgan fingerprint density at radius 1 is 1.00 bits per heavy atom. The molecule has 0 aliphatic heterocycles. The van der Waals surface area contributed by atoms with E-state index in [1.165, 1.54) is 14.2 Å². The summed E-state index contributed by atoms with van der Waals surface area (Å²) >= 11 is 0. The summed E-state index contributed by atoms with van der Waals surface area (Å²) in [7, 11) is 2.93. The van der Waals surface area contributed by atoms with E-state index in [1.807, 2.05) is 0 Å². The smallest absolute Gasteiger partial charge is 0.255 e. The molecule has 0 bridgehead atoms. The van der Waals surface area contributed by atoms with Crippen molar-refractivity contribution < 1.29 is 23.0 Å². The van der Waals surface area contributed by atoms with E-state index in [0.29, 0.717) is 17.2 Å². The first-order valence-electron chi connectivity index (χ1n) is 5.89. The van der Waals surface area contributed by atoms with Crippen LogP contribution in [0.3, 0.4) is 0 Å². The molecule has 0 fully saturated rings. The summed E-state index contributed by atoms with van der Waals surface area (Å²) in [4.78, 5) is 14.9. The molecule has 1 amide bonds. The fourth-order valence-corrected chi connectivity index (χ4v) is 1.68. The molecule has 1 heterocycles. The second kappa shape index (κ2) is 6.17. The van der Waals surface area contributed by atoms with Crippen LogP contribution in [0.15, 0.2) is 30.3 Å². The Bertz CT molecular complexity index is 635. The van der Waals surface area contributed by atoms with E-state index in [4.69, 9.17) is 9.47 Å². The van der Waals surface area contributed by atoms with Crippen molar-refractivity contribution in [2.24, 2.45) is 0 Å². The van der Waals surface area contributed by atoms with E-state index < -0.39 is 17.8 Å². The molecule has 1 N–H and O–H groups in total. The maximum absolute atomic E-state index is 13.0. The van der Waals surface area contributed by atoms with Gasteiger partial charge in [-0.1, -0.05) is 0 Å². The number of anilines is 1. The standard InChI is InChI=1S/C14H12F2N2O3/c1-20-10-5-9(6-11(7-10)21-2)17-14(19)8-3-12(15)18-13(16)4-8/h3-7H,1-2H3,(H,17,19). The van der Waals surface area contributed by atoms with E-state index in [0.717, 1.165) is 12.1 Å². The van der Waals surface area contributed by atoms with Crippen molar-refractivity contribution in [3.63, 3.8) is 0 Å². The van der Waals surface area contributed by atoms with Gasteiger partial charge in [-0.3, -0.25) is 4.79 Å². The number of carbonyl (C=O) groups excluding carboxylic acids is 1. The number of amides is 1. The lowest BCUT2D eigenvalue weighted by Gasteiger charge is -2.10. The van der Waals surface area contributed by atoms with Crippen molar-refractivity contribution in [2.75, 3.05) is 19.5 Å². The van der Waals surface area contributed by atoms with Crippen LogP contribution in [0.4, 0.5) is 14.5 Å². The number of benzene rings is 1. The lowest BCUT2D eigenvalue weighted by molar-refractivity contribution is 0.102. The molecule has 2 aromatic rings. The Labute approximate surface area is 119 Å². The molecule has 0 spiro atoms. The van der Waals surface area contributed by atoms with Crippen LogP contribution in [0, 0.1) is 11.9 Å². The van der Waals surface area contributed by atoms with Crippen molar-refractivity contribution in [1.29, 1.82) is 0 Å². The Hall–Kier alpha value is -2.70. The molecule has 0 aliphatic rings. The first-order chi connectivity index (χ1) is 10.0. The van der Waals surface area contributed by atoms with E-state index in [-0.39, 0.29) is 5.56 Å². The third-order valence-corrected chi connectivity index (χ3v) is 2.63. The first kappa shape index (κ1) is 14.7. The van der Waals surface area contributed by atoms with Crippen LogP contribution in [0.25, 0.3) is 0 Å². The third-order valence-electron chi connectivity index (χ3n) is 2.63. The van der Waals surface area contributed by atoms with Crippen molar-refractivity contribution in [3.8, 4) is 11.5 Å². The quantitative estimate of drug-likeness (QED) is 0.881. The zero-order chi connectivity index (χ0) is 15.4. The molecular weight excluding hydrogens is 282 g/mol. The highest BCUT2D eigenvalue weighted by molar-refractivity contribution is 6.04. The second-order valence-electron chi connectivity index (χ2n) is 4.06. The highest BCUT2D eigenvalue weighted by Gasteiger charge is 2.11. The van der Waals surface area contributed by atoms with Crippen molar-refractivity contribution >= 4 is 11.6 Å². The van der Waals surface area contributed by atoms with Gasteiger partial charge in [-0.05, 0) is 0 Å². The summed E-state index contributed by atoms with van der Waals surface area (Å²) in [6.45, 7) is 0. The van der Waals surface area contributed by atoms with Gasteiger partial charge in [-0.2, -0.15) is 13.8 Å². The van der Waals surface area contributed by atoms with E-state index in [1.54, 1.807) is 18.2 Å². The Morgan fingerprint density at radius 2 is 1.52 bits per heavy atom. The monoisotopic (exact) mass is 294 g/mol. The minimum absolute atomic E-state index is 0.179. The largest absolute Gasteiger partial charge is 0.497 e. The number of halogens is 2. The average Bonchev–Trinajstić information content (AvgIpc) is 2.45. The molecular formula is C14H12F2N2O3. The number of hydrogen-bond acceptors (Lipinski definition) is 4. The number of nitrogens with one attached hydrogen (secondary N) is 1. The second-order valence-corrected chi connectivity index (χ2v) is 4.06. The molecule has 5 nitrogen and oxygen atoms in total. The minimum Gasteiger partial charge on any atom is -0.497 e. The fraction of sp³-hybridized carbons (Fsp3) is 0.143. The SMILES string of the molecule is COc1cc(NC(=O)c2cc(F)nc(F)c2)cc(OC)c1. The molecule has 7 heteroatoms. The van der Waals surface area contributed by atoms with Crippen LogP contribution in [0.2, 0.25) is 0 Å². The van der Waals surface area contributed by atoms with Gasteiger partial charge in [-0.25, -0.2) is 0 Å². The fourth-order valence-electron chi connectivity index (χ4n) is 1.68. The van der Waals surface area contributed by atoms with Gasteiger partial charge >= 0.3 is 0 Å². The van der Waals surface area contributed by atoms with Gasteiger partial charge in [0.1, 0.15) is 11.5 Å². The topological polar surface area (TPSA) is 60.5 Å². The minimum atomic E-state index is -1.07. The number of rotatable bonds is 4. The summed E-state index contributed by atoms with van der Waals surface area (Å²) in [6, 6.07) is 6.41. The van der Waals surface area contributed by atoms with Crippen molar-refractivity contribution in [3.05, 3.63) is 47.8 Å². The third kappa shape index (κ3) is 3.65. The van der Waals surface area contributed by atoms with Crippen LogP contribution in [-0.4, -0.2) is 25.1 Å². The van der Waals surface area contributed by atoms with Gasteiger partial charge in [0, 0.05) is 41.6 Å². The van der Waals surface area contributed by atoms with Gasteiger partial charge in [0.15, 0.2) is 0 Å². The van der Waals surface area contributed by atoms with Crippen LogP contribution in [0.5, 0.6) is 11.5 Å². The van der Waals surface area contributed by atoms with Gasteiger partial charge in [0.25, 0.3) is 5.91 Å². The molecule has 21 heavy (non-hydrogen) atoms. The summed E-state index contributed by atoms with van der Waals surface area (Å²) in [5.74, 6) is -1.87. The number of pyridine rings is 1. The Kier molecular flexibility index (Phi) is 4.32. The van der Waals surface area contributed by atoms with Crippen molar-refractivity contribution in [1.82, 2.24) is 4.98 Å². The number of methoxy groups -OCH3 is 2. The Morgan fingerprint density at radius 3 is 2.00 bits per heavy atom. The molecule has 0 saturated carbocycles. The lowest BCUT2D eigenvalue weighted by Crippen LogP contribution is -2.13. The summed E-state index contributed by atoms with van der Waals surface area (Å²) in [6.07, 6.45) is 0. The number of carbonyl (C=O) groups is 1. The number of hydrogen-bond donors (Lipinski definition) is 1. The molecule has 1 aromatic heterocycles. The van der Waals surface area contributed by atoms with Crippen molar-refractivity contribution in [2.45, 2.75) is 0 Å². The van der Waals surface area contributed by atoms with Gasteiger partial charge in [0.2, 0.25) is 11.9 Å². The molecule has 0 atom stereocenters. The summed E-state index contributed by atoms with van der Waals surface area (Å²) in [5.41, 5.74) is 0.190. The maximum Gasteiger partial charge on any atom is 0.255 e. The first-order valence-corrected chi connectivity index (χ1v) is 5.89. The van der Waals surface area contributed by atoms with Gasteiger partial charge in [-0.15, -0.1) is 0 Å². The van der Waals surface area contributed by atoms with E-state index in [9.17, 15) is 13.6 Å². The van der Waals surface area contributed by atoms with Gasteiger partial charge < -0.3 is 14.8 Å². The summed E-state index contributed by atoms with van der Waals surface area (Å²) < 4.78 is 36.1. The zero-order valence-electron chi connectivity index (χ0n) is 11.3.